The van der Waals surface area contributed by atoms with Crippen molar-refractivity contribution in [1.29, 1.82) is 0 Å². The summed E-state index contributed by atoms with van der Waals surface area (Å²) in [5, 5.41) is 0. The third-order valence-corrected chi connectivity index (χ3v) is 2.39. The Morgan fingerprint density at radius 2 is 2.08 bits per heavy atom. The highest BCUT2D eigenvalue weighted by atomic mass is 16.7. The maximum atomic E-state index is 11.4. The maximum absolute atomic E-state index is 11.4. The molecule has 1 aliphatic rings. The lowest BCUT2D eigenvalue weighted by atomic mass is 9.97. The Balaban J connectivity index is 2.69. The fourth-order valence-corrected chi connectivity index (χ4v) is 1.63. The number of ether oxygens (including phenoxy) is 3. The first-order valence-electron chi connectivity index (χ1n) is 4.49. The minimum atomic E-state index is -0.790. The van der Waals surface area contributed by atoms with Crippen LogP contribution in [0.1, 0.15) is 20.3 Å². The van der Waals surface area contributed by atoms with E-state index >= 15 is 0 Å². The van der Waals surface area contributed by atoms with E-state index in [-0.39, 0.29) is 11.9 Å². The summed E-state index contributed by atoms with van der Waals surface area (Å²) in [4.78, 5) is 11.4. The van der Waals surface area contributed by atoms with Crippen LogP contribution < -0.4 is 0 Å². The summed E-state index contributed by atoms with van der Waals surface area (Å²) in [7, 11) is 1.38. The molecule has 1 fully saturated rings. The molecule has 1 unspecified atom stereocenters. The van der Waals surface area contributed by atoms with E-state index in [2.05, 4.69) is 4.74 Å². The second-order valence-electron chi connectivity index (χ2n) is 3.20. The topological polar surface area (TPSA) is 44.8 Å². The van der Waals surface area contributed by atoms with E-state index in [0.717, 1.165) is 0 Å². The summed E-state index contributed by atoms with van der Waals surface area (Å²) in [5.41, 5.74) is 0. The Hall–Kier alpha value is -0.610. The lowest BCUT2D eigenvalue weighted by Crippen LogP contribution is -2.41. The van der Waals surface area contributed by atoms with Crippen molar-refractivity contribution >= 4 is 5.97 Å². The number of esters is 1. The molecule has 0 aliphatic carbocycles. The van der Waals surface area contributed by atoms with Crippen molar-refractivity contribution in [2.75, 3.05) is 20.3 Å². The molecule has 0 bridgehead atoms. The molecular formula is C9H16O4. The van der Waals surface area contributed by atoms with Crippen LogP contribution in [0.4, 0.5) is 0 Å². The quantitative estimate of drug-likeness (QED) is 0.618. The summed E-state index contributed by atoms with van der Waals surface area (Å²) >= 11 is 0. The van der Waals surface area contributed by atoms with Gasteiger partial charge < -0.3 is 14.2 Å². The third-order valence-electron chi connectivity index (χ3n) is 2.39. The molecule has 0 spiro atoms. The second kappa shape index (κ2) is 4.07. The van der Waals surface area contributed by atoms with Gasteiger partial charge in [0, 0.05) is 0 Å². The standard InChI is InChI=1S/C9H16O4/c1-4-7(8(10)11-3)9(2)12-5-6-13-9/h7H,4-6H2,1-3H3. The van der Waals surface area contributed by atoms with Gasteiger partial charge in [-0.3, -0.25) is 4.79 Å². The normalized spacial score (nSPS) is 22.7. The van der Waals surface area contributed by atoms with Crippen molar-refractivity contribution in [3.05, 3.63) is 0 Å². The van der Waals surface area contributed by atoms with Crippen molar-refractivity contribution in [2.24, 2.45) is 5.92 Å². The van der Waals surface area contributed by atoms with Gasteiger partial charge in [-0.15, -0.1) is 0 Å². The van der Waals surface area contributed by atoms with Crippen molar-refractivity contribution in [2.45, 2.75) is 26.1 Å². The Labute approximate surface area is 78.2 Å². The van der Waals surface area contributed by atoms with E-state index in [0.29, 0.717) is 19.6 Å². The Morgan fingerprint density at radius 3 is 2.46 bits per heavy atom. The van der Waals surface area contributed by atoms with Crippen LogP contribution in [0.25, 0.3) is 0 Å². The zero-order valence-electron chi connectivity index (χ0n) is 8.33. The lowest BCUT2D eigenvalue weighted by Gasteiger charge is -2.29. The van der Waals surface area contributed by atoms with E-state index in [1.807, 2.05) is 6.92 Å². The number of carbonyl (C=O) groups is 1. The van der Waals surface area contributed by atoms with Crippen LogP contribution in [0.2, 0.25) is 0 Å². The van der Waals surface area contributed by atoms with Gasteiger partial charge in [0.15, 0.2) is 5.79 Å². The van der Waals surface area contributed by atoms with E-state index in [9.17, 15) is 4.79 Å². The minimum absolute atomic E-state index is 0.271. The van der Waals surface area contributed by atoms with Gasteiger partial charge in [0.25, 0.3) is 0 Å². The highest BCUT2D eigenvalue weighted by Gasteiger charge is 2.43. The molecule has 0 N–H and O–H groups in total. The fraction of sp³-hybridized carbons (Fsp3) is 0.889. The summed E-state index contributed by atoms with van der Waals surface area (Å²) in [6, 6.07) is 0. The smallest absolute Gasteiger partial charge is 0.314 e. The molecule has 0 aromatic heterocycles. The van der Waals surface area contributed by atoms with Crippen LogP contribution in [0, 0.1) is 5.92 Å². The molecular weight excluding hydrogens is 172 g/mol. The maximum Gasteiger partial charge on any atom is 0.314 e. The number of hydrogen-bond donors (Lipinski definition) is 0. The van der Waals surface area contributed by atoms with Gasteiger partial charge >= 0.3 is 5.97 Å². The molecule has 1 rings (SSSR count). The zero-order chi connectivity index (χ0) is 9.90. The molecule has 1 heterocycles. The van der Waals surface area contributed by atoms with Crippen LogP contribution in [-0.4, -0.2) is 32.1 Å². The molecule has 76 valence electrons. The van der Waals surface area contributed by atoms with E-state index in [1.54, 1.807) is 6.92 Å². The first-order chi connectivity index (χ1) is 6.14. The minimum Gasteiger partial charge on any atom is -0.469 e. The molecule has 4 heteroatoms. The highest BCUT2D eigenvalue weighted by Crippen LogP contribution is 2.30. The average Bonchev–Trinajstić information content (AvgIpc) is 2.53. The highest BCUT2D eigenvalue weighted by molar-refractivity contribution is 5.73. The predicted molar refractivity (Wildman–Crippen MR) is 46.1 cm³/mol. The van der Waals surface area contributed by atoms with E-state index in [1.165, 1.54) is 7.11 Å². The molecule has 0 aromatic rings. The SMILES string of the molecule is CCC(C(=O)OC)C1(C)OCCO1. The van der Waals surface area contributed by atoms with Gasteiger partial charge in [0.1, 0.15) is 5.92 Å². The van der Waals surface area contributed by atoms with E-state index < -0.39 is 5.79 Å². The molecule has 13 heavy (non-hydrogen) atoms. The van der Waals surface area contributed by atoms with Crippen molar-refractivity contribution in [3.63, 3.8) is 0 Å². The van der Waals surface area contributed by atoms with Crippen molar-refractivity contribution in [1.82, 2.24) is 0 Å². The second-order valence-corrected chi connectivity index (χ2v) is 3.20. The lowest BCUT2D eigenvalue weighted by molar-refractivity contribution is -0.199. The van der Waals surface area contributed by atoms with Gasteiger partial charge in [0.05, 0.1) is 20.3 Å². The van der Waals surface area contributed by atoms with Crippen molar-refractivity contribution in [3.8, 4) is 0 Å². The first-order valence-corrected chi connectivity index (χ1v) is 4.49. The van der Waals surface area contributed by atoms with Gasteiger partial charge in [-0.1, -0.05) is 6.92 Å². The molecule has 0 amide bonds. The monoisotopic (exact) mass is 188 g/mol. The number of hydrogen-bond acceptors (Lipinski definition) is 4. The summed E-state index contributed by atoms with van der Waals surface area (Å²) in [6.45, 7) is 4.79. The molecule has 1 atom stereocenters. The molecule has 4 nitrogen and oxygen atoms in total. The average molecular weight is 188 g/mol. The summed E-state index contributed by atoms with van der Waals surface area (Å²) < 4.78 is 15.5. The Bertz CT molecular complexity index is 184. The largest absolute Gasteiger partial charge is 0.469 e. The van der Waals surface area contributed by atoms with Gasteiger partial charge in [-0.2, -0.15) is 0 Å². The first kappa shape index (κ1) is 10.5. The molecule has 1 saturated heterocycles. The Kier molecular flexibility index (Phi) is 3.27. The summed E-state index contributed by atoms with van der Waals surface area (Å²) in [6.07, 6.45) is 0.656. The third kappa shape index (κ3) is 2.00. The van der Waals surface area contributed by atoms with Crippen LogP contribution in [-0.2, 0) is 19.0 Å². The molecule has 0 aromatic carbocycles. The number of carbonyl (C=O) groups excluding carboxylic acids is 1. The molecule has 0 saturated carbocycles. The van der Waals surface area contributed by atoms with Crippen LogP contribution in [0.3, 0.4) is 0 Å². The van der Waals surface area contributed by atoms with Crippen LogP contribution in [0.5, 0.6) is 0 Å². The van der Waals surface area contributed by atoms with Gasteiger partial charge in [-0.05, 0) is 13.3 Å². The fourth-order valence-electron chi connectivity index (χ4n) is 1.63. The van der Waals surface area contributed by atoms with Gasteiger partial charge in [-0.25, -0.2) is 0 Å². The van der Waals surface area contributed by atoms with Crippen LogP contribution in [0.15, 0.2) is 0 Å². The molecule has 0 radical (unpaired) electrons. The zero-order valence-corrected chi connectivity index (χ0v) is 8.33. The van der Waals surface area contributed by atoms with Gasteiger partial charge in [0.2, 0.25) is 0 Å². The van der Waals surface area contributed by atoms with Crippen molar-refractivity contribution < 1.29 is 19.0 Å². The predicted octanol–water partition coefficient (Wildman–Crippen LogP) is 0.949. The molecule has 1 aliphatic heterocycles. The van der Waals surface area contributed by atoms with Crippen LogP contribution >= 0.6 is 0 Å². The summed E-state index contributed by atoms with van der Waals surface area (Å²) in [5.74, 6) is -1.39. The Morgan fingerprint density at radius 1 is 1.54 bits per heavy atom. The van der Waals surface area contributed by atoms with E-state index in [4.69, 9.17) is 9.47 Å². The number of methoxy groups -OCH3 is 1. The number of rotatable bonds is 3.